The lowest BCUT2D eigenvalue weighted by Crippen LogP contribution is -2.40. The molecule has 12 nitrogen and oxygen atoms in total. The van der Waals surface area contributed by atoms with E-state index in [0.717, 1.165) is 4.57 Å². The van der Waals surface area contributed by atoms with Crippen LogP contribution in [0, 0.1) is 0 Å². The Kier molecular flexibility index (Phi) is 6.58. The molecule has 0 saturated heterocycles. The third-order valence-corrected chi connectivity index (χ3v) is 6.67. The van der Waals surface area contributed by atoms with Gasteiger partial charge >= 0.3 is 11.8 Å². The standard InChI is InChI=1S/C27H26ClN7O5/c1-27(2,3)40-26(38)35-15(13-16-17(28)9-8-11-19(16)35)14-34-24(36)21-23(33(5)25(34)37)30-22(32(21)4)20(31-39)18-10-6-7-12-29-18/h6-13,39H,14H2,1-5H3. The second-order valence-electron chi connectivity index (χ2n) is 10.2. The number of rotatable bonds is 4. The van der Waals surface area contributed by atoms with Crippen LogP contribution in [0.1, 0.15) is 38.0 Å². The van der Waals surface area contributed by atoms with Crippen LogP contribution in [0.4, 0.5) is 4.79 Å². The van der Waals surface area contributed by atoms with Crippen LogP contribution < -0.4 is 11.2 Å². The Balaban J connectivity index is 1.71. The fraction of sp³-hybridized carbons (Fsp3) is 0.259. The van der Waals surface area contributed by atoms with Crippen LogP contribution in [0.3, 0.4) is 0 Å². The maximum atomic E-state index is 13.8. The first-order valence-electron chi connectivity index (χ1n) is 12.2. The van der Waals surface area contributed by atoms with E-state index in [1.165, 1.54) is 26.9 Å². The minimum absolute atomic E-state index is 0.0254. The van der Waals surface area contributed by atoms with Crippen LogP contribution >= 0.6 is 11.6 Å². The number of nitrogens with zero attached hydrogens (tertiary/aromatic N) is 7. The number of ether oxygens (including phenoxy) is 1. The van der Waals surface area contributed by atoms with Crippen LogP contribution in [-0.4, -0.2) is 50.8 Å². The number of carbonyl (C=O) groups is 1. The van der Waals surface area contributed by atoms with Gasteiger partial charge in [0.2, 0.25) is 0 Å². The molecule has 5 rings (SSSR count). The predicted molar refractivity (Wildman–Crippen MR) is 150 cm³/mol. The Bertz CT molecular complexity index is 1940. The maximum absolute atomic E-state index is 13.8. The van der Waals surface area contributed by atoms with Gasteiger partial charge in [-0.15, -0.1) is 0 Å². The number of halogens is 1. The summed E-state index contributed by atoms with van der Waals surface area (Å²) >= 11 is 6.42. The third-order valence-electron chi connectivity index (χ3n) is 6.34. The number of hydrogen-bond donors (Lipinski definition) is 1. The molecule has 0 fully saturated rings. The van der Waals surface area contributed by atoms with Crippen LogP contribution in [0.5, 0.6) is 0 Å². The van der Waals surface area contributed by atoms with Crippen LogP contribution in [0.25, 0.3) is 22.1 Å². The first kappa shape index (κ1) is 26.9. The normalized spacial score (nSPS) is 12.4. The summed E-state index contributed by atoms with van der Waals surface area (Å²) in [6, 6.07) is 11.8. The molecule has 40 heavy (non-hydrogen) atoms. The second-order valence-corrected chi connectivity index (χ2v) is 10.6. The third kappa shape index (κ3) is 4.45. The van der Waals surface area contributed by atoms with Crippen molar-refractivity contribution in [3.05, 3.63) is 91.7 Å². The largest absolute Gasteiger partial charge is 0.443 e. The zero-order chi connectivity index (χ0) is 28.9. The van der Waals surface area contributed by atoms with Gasteiger partial charge in [0, 0.05) is 30.7 Å². The molecule has 0 amide bonds. The lowest BCUT2D eigenvalue weighted by Gasteiger charge is -2.21. The minimum atomic E-state index is -0.792. The van der Waals surface area contributed by atoms with E-state index >= 15 is 0 Å². The number of aryl methyl sites for hydroxylation is 2. The summed E-state index contributed by atoms with van der Waals surface area (Å²) in [6.07, 6.45) is 0.856. The molecule has 0 unspecified atom stereocenters. The first-order valence-corrected chi connectivity index (χ1v) is 12.6. The van der Waals surface area contributed by atoms with Gasteiger partial charge in [0.15, 0.2) is 22.7 Å². The van der Waals surface area contributed by atoms with Gasteiger partial charge in [-0.05, 0) is 51.1 Å². The van der Waals surface area contributed by atoms with Gasteiger partial charge in [0.25, 0.3) is 5.56 Å². The molecule has 0 spiro atoms. The highest BCUT2D eigenvalue weighted by atomic mass is 35.5. The van der Waals surface area contributed by atoms with E-state index in [9.17, 15) is 19.6 Å². The molecule has 0 aliphatic heterocycles. The number of imidazole rings is 1. The van der Waals surface area contributed by atoms with Gasteiger partial charge in [-0.25, -0.2) is 19.1 Å². The molecule has 5 aromatic rings. The van der Waals surface area contributed by atoms with Gasteiger partial charge < -0.3 is 14.5 Å². The predicted octanol–water partition coefficient (Wildman–Crippen LogP) is 3.49. The van der Waals surface area contributed by atoms with Gasteiger partial charge in [-0.1, -0.05) is 28.9 Å². The molecule has 0 bridgehead atoms. The molecule has 4 heterocycles. The molecular formula is C27H26ClN7O5. The van der Waals surface area contributed by atoms with Crippen molar-refractivity contribution >= 4 is 45.5 Å². The summed E-state index contributed by atoms with van der Waals surface area (Å²) in [5, 5.41) is 14.1. The van der Waals surface area contributed by atoms with Crippen molar-refractivity contribution in [1.29, 1.82) is 0 Å². The van der Waals surface area contributed by atoms with Crippen LogP contribution in [-0.2, 0) is 25.4 Å². The Morgan fingerprint density at radius 2 is 1.85 bits per heavy atom. The summed E-state index contributed by atoms with van der Waals surface area (Å²) < 4.78 is 10.6. The summed E-state index contributed by atoms with van der Waals surface area (Å²) in [5.41, 5.74) is -0.762. The van der Waals surface area contributed by atoms with E-state index < -0.39 is 22.9 Å². The SMILES string of the molecule is Cn1c(C(=NO)c2ccccn2)nc2c1c(=O)n(Cc1cc3c(Cl)cccc3n1C(=O)OC(C)(C)C)c(=O)n2C. The van der Waals surface area contributed by atoms with E-state index in [4.69, 9.17) is 16.3 Å². The molecule has 206 valence electrons. The van der Waals surface area contributed by atoms with Crippen molar-refractivity contribution < 1.29 is 14.7 Å². The lowest BCUT2D eigenvalue weighted by atomic mass is 10.2. The number of oxime groups is 1. The average Bonchev–Trinajstić information content (AvgIpc) is 3.44. The van der Waals surface area contributed by atoms with Crippen molar-refractivity contribution in [2.45, 2.75) is 32.9 Å². The molecule has 0 saturated carbocycles. The summed E-state index contributed by atoms with van der Waals surface area (Å²) in [5.74, 6) is 0.135. The van der Waals surface area contributed by atoms with Gasteiger partial charge in [-0.2, -0.15) is 0 Å². The van der Waals surface area contributed by atoms with Gasteiger partial charge in [0.1, 0.15) is 5.60 Å². The topological polar surface area (TPSA) is 139 Å². The van der Waals surface area contributed by atoms with E-state index in [1.54, 1.807) is 70.3 Å². The Morgan fingerprint density at radius 1 is 1.10 bits per heavy atom. The average molecular weight is 564 g/mol. The zero-order valence-electron chi connectivity index (χ0n) is 22.4. The van der Waals surface area contributed by atoms with E-state index in [0.29, 0.717) is 27.3 Å². The highest BCUT2D eigenvalue weighted by Crippen LogP contribution is 2.28. The van der Waals surface area contributed by atoms with Crippen LogP contribution in [0.2, 0.25) is 5.02 Å². The van der Waals surface area contributed by atoms with Gasteiger partial charge in [-0.3, -0.25) is 18.9 Å². The highest BCUT2D eigenvalue weighted by molar-refractivity contribution is 6.35. The first-order chi connectivity index (χ1) is 18.9. The Labute approximate surface area is 232 Å². The maximum Gasteiger partial charge on any atom is 0.419 e. The molecule has 0 atom stereocenters. The highest BCUT2D eigenvalue weighted by Gasteiger charge is 2.26. The molecule has 0 aliphatic carbocycles. The minimum Gasteiger partial charge on any atom is -0.443 e. The van der Waals surface area contributed by atoms with Crippen molar-refractivity contribution in [2.75, 3.05) is 0 Å². The Hall–Kier alpha value is -4.71. The van der Waals surface area contributed by atoms with Crippen molar-refractivity contribution in [3.63, 3.8) is 0 Å². The van der Waals surface area contributed by atoms with Crippen molar-refractivity contribution in [1.82, 2.24) is 28.2 Å². The second kappa shape index (κ2) is 9.79. The van der Waals surface area contributed by atoms with Crippen molar-refractivity contribution in [3.8, 4) is 0 Å². The fourth-order valence-electron chi connectivity index (χ4n) is 4.56. The molecule has 13 heteroatoms. The number of carbonyl (C=O) groups excluding carboxylic acids is 1. The number of pyridine rings is 1. The molecule has 0 aliphatic rings. The van der Waals surface area contributed by atoms with E-state index in [2.05, 4.69) is 15.1 Å². The summed E-state index contributed by atoms with van der Waals surface area (Å²) in [4.78, 5) is 49.2. The molecule has 1 aromatic carbocycles. The fourth-order valence-corrected chi connectivity index (χ4v) is 4.78. The summed E-state index contributed by atoms with van der Waals surface area (Å²) in [6.45, 7) is 4.97. The number of benzene rings is 1. The van der Waals surface area contributed by atoms with Crippen molar-refractivity contribution in [2.24, 2.45) is 19.3 Å². The molecule has 0 radical (unpaired) electrons. The smallest absolute Gasteiger partial charge is 0.419 e. The molecular weight excluding hydrogens is 538 g/mol. The number of aromatic nitrogens is 6. The monoisotopic (exact) mass is 563 g/mol. The quantitative estimate of drug-likeness (QED) is 0.200. The van der Waals surface area contributed by atoms with E-state index in [1.807, 2.05) is 0 Å². The number of hydrogen-bond acceptors (Lipinski definition) is 8. The summed E-state index contributed by atoms with van der Waals surface area (Å²) in [7, 11) is 3.06. The Morgan fingerprint density at radius 3 is 2.50 bits per heavy atom. The van der Waals surface area contributed by atoms with Crippen LogP contribution in [0.15, 0.2) is 63.4 Å². The molecule has 1 N–H and O–H groups in total. The van der Waals surface area contributed by atoms with Gasteiger partial charge in [0.05, 0.1) is 23.4 Å². The lowest BCUT2D eigenvalue weighted by molar-refractivity contribution is 0.0540. The van der Waals surface area contributed by atoms with E-state index in [-0.39, 0.29) is 29.2 Å². The zero-order valence-corrected chi connectivity index (χ0v) is 23.2. The number of fused-ring (bicyclic) bond motifs is 2. The molecule has 4 aromatic heterocycles.